The molecule has 1 saturated heterocycles. The summed E-state index contributed by atoms with van der Waals surface area (Å²) in [4.78, 5) is 2.52. The molecule has 0 bridgehead atoms. The van der Waals surface area contributed by atoms with E-state index in [1.807, 2.05) is 24.3 Å². The molecule has 0 radical (unpaired) electrons. The molecule has 6 heteroatoms. The Balaban J connectivity index is 1.54. The molecule has 31 heavy (non-hydrogen) atoms. The van der Waals surface area contributed by atoms with Crippen LogP contribution in [0.4, 0.5) is 0 Å². The lowest BCUT2D eigenvalue weighted by atomic mass is 9.90. The Labute approximate surface area is 184 Å². The van der Waals surface area contributed by atoms with Gasteiger partial charge >= 0.3 is 0 Å². The number of hydrazone groups is 1. The van der Waals surface area contributed by atoms with Crippen molar-refractivity contribution in [3.8, 4) is 17.2 Å². The van der Waals surface area contributed by atoms with E-state index in [9.17, 15) is 0 Å². The van der Waals surface area contributed by atoms with Crippen LogP contribution in [0.3, 0.4) is 0 Å². The van der Waals surface area contributed by atoms with Gasteiger partial charge in [0.15, 0.2) is 11.5 Å². The Hall–Kier alpha value is -2.73. The number of piperidine rings is 1. The molecule has 3 heterocycles. The molecule has 5 rings (SSSR count). The van der Waals surface area contributed by atoms with E-state index in [1.165, 1.54) is 0 Å². The molecule has 164 valence electrons. The van der Waals surface area contributed by atoms with Crippen LogP contribution in [0.25, 0.3) is 0 Å². The maximum atomic E-state index is 6.79. The second-order valence-electron chi connectivity index (χ2n) is 8.90. The topological polar surface area (TPSA) is 46.5 Å². The highest BCUT2D eigenvalue weighted by Gasteiger charge is 2.52. The van der Waals surface area contributed by atoms with Crippen LogP contribution >= 0.6 is 0 Å². The third-order valence-corrected chi connectivity index (χ3v) is 6.94. The molecule has 0 saturated carbocycles. The van der Waals surface area contributed by atoms with Gasteiger partial charge in [0.05, 0.1) is 26.0 Å². The van der Waals surface area contributed by atoms with Gasteiger partial charge in [-0.2, -0.15) is 5.10 Å². The molecule has 6 nitrogen and oxygen atoms in total. The number of hydrogen-bond acceptors (Lipinski definition) is 6. The number of methoxy groups -OCH3 is 2. The van der Waals surface area contributed by atoms with Crippen LogP contribution in [0, 0.1) is 0 Å². The van der Waals surface area contributed by atoms with Crippen molar-refractivity contribution in [2.75, 3.05) is 27.3 Å². The highest BCUT2D eigenvalue weighted by atomic mass is 16.5. The second-order valence-corrected chi connectivity index (χ2v) is 8.90. The van der Waals surface area contributed by atoms with Crippen molar-refractivity contribution in [3.05, 3.63) is 53.6 Å². The Kier molecular flexibility index (Phi) is 5.05. The quantitative estimate of drug-likeness (QED) is 0.730. The Bertz CT molecular complexity index is 978. The van der Waals surface area contributed by atoms with Gasteiger partial charge in [0.1, 0.15) is 5.75 Å². The highest BCUT2D eigenvalue weighted by Crippen LogP contribution is 2.52. The molecule has 0 aromatic heterocycles. The molecule has 1 fully saturated rings. The van der Waals surface area contributed by atoms with Crippen LogP contribution in [0.5, 0.6) is 17.2 Å². The summed E-state index contributed by atoms with van der Waals surface area (Å²) >= 11 is 0. The minimum Gasteiger partial charge on any atom is -0.497 e. The minimum atomic E-state index is -0.439. The first-order valence-electron chi connectivity index (χ1n) is 11.2. The van der Waals surface area contributed by atoms with E-state index < -0.39 is 5.72 Å². The lowest BCUT2D eigenvalue weighted by Gasteiger charge is -2.51. The van der Waals surface area contributed by atoms with Gasteiger partial charge in [-0.3, -0.25) is 0 Å². The van der Waals surface area contributed by atoms with Gasteiger partial charge in [-0.25, -0.2) is 5.01 Å². The van der Waals surface area contributed by atoms with Gasteiger partial charge in [-0.15, -0.1) is 0 Å². The normalized spacial score (nSPS) is 22.0. The largest absolute Gasteiger partial charge is 0.497 e. The molecule has 3 aliphatic rings. The number of rotatable bonds is 4. The molecule has 2 aromatic rings. The lowest BCUT2D eigenvalue weighted by Crippen LogP contribution is -2.59. The van der Waals surface area contributed by atoms with Crippen molar-refractivity contribution in [3.63, 3.8) is 0 Å². The fourth-order valence-electron chi connectivity index (χ4n) is 5.11. The van der Waals surface area contributed by atoms with Crippen LogP contribution in [0.15, 0.2) is 47.6 Å². The number of para-hydroxylation sites is 1. The number of fused-ring (bicyclic) bond motifs is 4. The van der Waals surface area contributed by atoms with Gasteiger partial charge in [0, 0.05) is 44.0 Å². The van der Waals surface area contributed by atoms with E-state index in [0.29, 0.717) is 6.04 Å². The summed E-state index contributed by atoms with van der Waals surface area (Å²) in [6.07, 6.45) is 2.68. The van der Waals surface area contributed by atoms with Gasteiger partial charge in [0.25, 0.3) is 0 Å². The predicted molar refractivity (Wildman–Crippen MR) is 121 cm³/mol. The fourth-order valence-corrected chi connectivity index (χ4v) is 5.11. The molecule has 1 atom stereocenters. The van der Waals surface area contributed by atoms with Gasteiger partial charge in [0.2, 0.25) is 5.72 Å². The molecule has 2 aromatic carbocycles. The van der Waals surface area contributed by atoms with Crippen LogP contribution < -0.4 is 14.2 Å². The summed E-state index contributed by atoms with van der Waals surface area (Å²) in [6.45, 7) is 6.52. The molecule has 3 aliphatic heterocycles. The maximum Gasteiger partial charge on any atom is 0.200 e. The first-order valence-corrected chi connectivity index (χ1v) is 11.2. The Morgan fingerprint density at radius 1 is 1.03 bits per heavy atom. The van der Waals surface area contributed by atoms with Gasteiger partial charge in [-0.05, 0) is 49.7 Å². The molecular formula is C25H31N3O3. The highest BCUT2D eigenvalue weighted by molar-refractivity contribution is 6.02. The van der Waals surface area contributed by atoms with Crippen LogP contribution in [-0.2, 0) is 0 Å². The maximum absolute atomic E-state index is 6.79. The first-order chi connectivity index (χ1) is 15.0. The second kappa shape index (κ2) is 7.75. The Morgan fingerprint density at radius 3 is 2.42 bits per heavy atom. The van der Waals surface area contributed by atoms with Crippen LogP contribution in [-0.4, -0.2) is 54.7 Å². The molecule has 1 spiro atoms. The SMILES string of the molecule is COc1ccc(C2=NN3[C@@H](C2)c2cccc(OC)c2OC32CCN(C(C)C)CC2)cc1. The summed E-state index contributed by atoms with van der Waals surface area (Å²) < 4.78 is 17.8. The van der Waals surface area contributed by atoms with Crippen LogP contribution in [0.2, 0.25) is 0 Å². The zero-order valence-corrected chi connectivity index (χ0v) is 18.8. The standard InChI is InChI=1S/C25H31N3O3/c1-17(2)27-14-12-25(13-15-27)28-22(20-6-5-7-23(30-4)24(20)31-25)16-21(26-28)18-8-10-19(29-3)11-9-18/h5-11,17,22H,12-16H2,1-4H3/t22-/m0/s1. The summed E-state index contributed by atoms with van der Waals surface area (Å²) in [7, 11) is 3.41. The third kappa shape index (κ3) is 3.33. The monoisotopic (exact) mass is 421 g/mol. The molecule has 0 unspecified atom stereocenters. The summed E-state index contributed by atoms with van der Waals surface area (Å²) in [5.41, 5.74) is 2.95. The van der Waals surface area contributed by atoms with Crippen molar-refractivity contribution >= 4 is 5.71 Å². The zero-order valence-electron chi connectivity index (χ0n) is 18.8. The van der Waals surface area contributed by atoms with Crippen molar-refractivity contribution in [1.29, 1.82) is 0 Å². The summed E-state index contributed by atoms with van der Waals surface area (Å²) in [5.74, 6) is 2.55. The van der Waals surface area contributed by atoms with Gasteiger partial charge in [-0.1, -0.05) is 12.1 Å². The lowest BCUT2D eigenvalue weighted by molar-refractivity contribution is -0.153. The molecule has 0 N–H and O–H groups in total. The van der Waals surface area contributed by atoms with E-state index in [1.54, 1.807) is 14.2 Å². The van der Waals surface area contributed by atoms with Crippen molar-refractivity contribution in [1.82, 2.24) is 9.91 Å². The summed E-state index contributed by atoms with van der Waals surface area (Å²) in [5, 5.41) is 7.42. The molecule has 0 aliphatic carbocycles. The van der Waals surface area contributed by atoms with E-state index in [2.05, 4.69) is 42.0 Å². The zero-order chi connectivity index (χ0) is 21.6. The van der Waals surface area contributed by atoms with Crippen molar-refractivity contribution < 1.29 is 14.2 Å². The van der Waals surface area contributed by atoms with E-state index in [0.717, 1.165) is 66.4 Å². The molecular weight excluding hydrogens is 390 g/mol. The van der Waals surface area contributed by atoms with E-state index >= 15 is 0 Å². The van der Waals surface area contributed by atoms with Crippen LogP contribution in [0.1, 0.15) is 50.3 Å². The smallest absolute Gasteiger partial charge is 0.200 e. The average molecular weight is 422 g/mol. The van der Waals surface area contributed by atoms with Gasteiger partial charge < -0.3 is 19.1 Å². The van der Waals surface area contributed by atoms with E-state index in [-0.39, 0.29) is 6.04 Å². The Morgan fingerprint density at radius 2 is 1.77 bits per heavy atom. The first kappa shape index (κ1) is 20.2. The number of ether oxygens (including phenoxy) is 3. The van der Waals surface area contributed by atoms with Crippen molar-refractivity contribution in [2.45, 2.75) is 50.9 Å². The third-order valence-electron chi connectivity index (χ3n) is 6.94. The molecule has 0 amide bonds. The summed E-state index contributed by atoms with van der Waals surface area (Å²) in [6, 6.07) is 15.1. The number of nitrogens with zero attached hydrogens (tertiary/aromatic N) is 3. The number of benzene rings is 2. The fraction of sp³-hybridized carbons (Fsp3) is 0.480. The number of likely N-dealkylation sites (tertiary alicyclic amines) is 1. The minimum absolute atomic E-state index is 0.154. The van der Waals surface area contributed by atoms with Crippen molar-refractivity contribution in [2.24, 2.45) is 5.10 Å². The number of hydrogen-bond donors (Lipinski definition) is 0. The average Bonchev–Trinajstić information content (AvgIpc) is 3.26. The van der Waals surface area contributed by atoms with E-state index in [4.69, 9.17) is 19.3 Å². The predicted octanol–water partition coefficient (Wildman–Crippen LogP) is 4.45.